The van der Waals surface area contributed by atoms with Crippen LogP contribution >= 0.6 is 0 Å². The van der Waals surface area contributed by atoms with Crippen molar-refractivity contribution in [3.63, 3.8) is 0 Å². The standard InChI is InChI=1S/C27H32N4O9S2/c1-16(2)11-12-27(29-26(34)40-14-13-39-3)19-8-6-5-7-18(19)23(32)22(24(27)33)25-28-20-10-9-17(30-41(4,35)36)15-21(20)42(37,38)31-25/h5-10,15-16,22,30H,11-14H2,1-4H3,(H,28,31)(H,29,34). The number of rotatable bonds is 10. The molecule has 1 aliphatic carbocycles. The SMILES string of the molecule is COCCOC(=O)NC1(CCC(C)C)C(=O)C(C2=NS(=O)(=O)c3cc(NS(C)(=O)=O)ccc3N2)C(=O)c2ccccc21. The summed E-state index contributed by atoms with van der Waals surface area (Å²) in [7, 11) is -6.74. The molecule has 3 N–H and O–H groups in total. The molecule has 1 heterocycles. The van der Waals surface area contributed by atoms with Gasteiger partial charge in [-0.15, -0.1) is 4.40 Å². The number of nitrogens with one attached hydrogen (secondary N) is 3. The van der Waals surface area contributed by atoms with Crippen molar-refractivity contribution in [3.8, 4) is 0 Å². The first-order valence-electron chi connectivity index (χ1n) is 13.0. The van der Waals surface area contributed by atoms with E-state index in [-0.39, 0.29) is 52.9 Å². The predicted octanol–water partition coefficient (Wildman–Crippen LogP) is 2.66. The molecular weight excluding hydrogens is 588 g/mol. The van der Waals surface area contributed by atoms with E-state index in [1.807, 2.05) is 13.8 Å². The molecule has 15 heteroatoms. The fourth-order valence-corrected chi connectivity index (χ4v) is 6.67. The zero-order valence-electron chi connectivity index (χ0n) is 23.5. The molecule has 0 aromatic heterocycles. The van der Waals surface area contributed by atoms with Crippen molar-refractivity contribution in [2.75, 3.05) is 36.6 Å². The van der Waals surface area contributed by atoms with Crippen LogP contribution in [0.5, 0.6) is 0 Å². The van der Waals surface area contributed by atoms with Crippen molar-refractivity contribution in [2.45, 2.75) is 37.1 Å². The van der Waals surface area contributed by atoms with E-state index in [1.165, 1.54) is 25.3 Å². The summed E-state index contributed by atoms with van der Waals surface area (Å²) in [6, 6.07) is 10.0. The van der Waals surface area contributed by atoms with Gasteiger partial charge in [-0.1, -0.05) is 38.1 Å². The summed E-state index contributed by atoms with van der Waals surface area (Å²) in [4.78, 5) is 40.8. The molecule has 2 aromatic carbocycles. The summed E-state index contributed by atoms with van der Waals surface area (Å²) in [5, 5.41) is 5.49. The molecule has 4 rings (SSSR count). The molecule has 0 spiro atoms. The molecule has 2 unspecified atom stereocenters. The lowest BCUT2D eigenvalue weighted by molar-refractivity contribution is -0.127. The maximum Gasteiger partial charge on any atom is 0.408 e. The van der Waals surface area contributed by atoms with E-state index in [2.05, 4.69) is 19.8 Å². The third-order valence-corrected chi connectivity index (χ3v) is 8.78. The summed E-state index contributed by atoms with van der Waals surface area (Å²) in [5.74, 6) is -3.49. The van der Waals surface area contributed by atoms with Gasteiger partial charge in [0.25, 0.3) is 10.0 Å². The van der Waals surface area contributed by atoms with Crippen LogP contribution in [0.1, 0.15) is 42.6 Å². The number of methoxy groups -OCH3 is 1. The van der Waals surface area contributed by atoms with Gasteiger partial charge in [0, 0.05) is 18.4 Å². The van der Waals surface area contributed by atoms with Gasteiger partial charge in [0.2, 0.25) is 10.0 Å². The van der Waals surface area contributed by atoms with E-state index >= 15 is 0 Å². The van der Waals surface area contributed by atoms with Gasteiger partial charge in [0.15, 0.2) is 11.6 Å². The van der Waals surface area contributed by atoms with Gasteiger partial charge in [-0.2, -0.15) is 8.42 Å². The van der Waals surface area contributed by atoms with Gasteiger partial charge in [0.05, 0.1) is 18.6 Å². The highest BCUT2D eigenvalue weighted by molar-refractivity contribution is 7.92. The number of hydrogen-bond acceptors (Lipinski definition) is 10. The molecule has 0 bridgehead atoms. The number of alkyl carbamates (subject to hydrolysis) is 1. The molecular formula is C27H32N4O9S2. The highest BCUT2D eigenvalue weighted by Crippen LogP contribution is 2.42. The monoisotopic (exact) mass is 620 g/mol. The first-order valence-corrected chi connectivity index (χ1v) is 16.4. The molecule has 2 aliphatic rings. The van der Waals surface area contributed by atoms with Crippen molar-refractivity contribution in [1.82, 2.24) is 5.32 Å². The molecule has 42 heavy (non-hydrogen) atoms. The van der Waals surface area contributed by atoms with Gasteiger partial charge in [0.1, 0.15) is 28.8 Å². The van der Waals surface area contributed by atoms with Crippen LogP contribution in [0.4, 0.5) is 16.2 Å². The van der Waals surface area contributed by atoms with E-state index in [9.17, 15) is 31.2 Å². The molecule has 0 saturated carbocycles. The lowest BCUT2D eigenvalue weighted by Gasteiger charge is -2.41. The Morgan fingerprint density at radius 1 is 1.14 bits per heavy atom. The van der Waals surface area contributed by atoms with Crippen molar-refractivity contribution in [3.05, 3.63) is 53.6 Å². The number of sulfonamides is 2. The van der Waals surface area contributed by atoms with E-state index in [0.29, 0.717) is 6.42 Å². The number of amidine groups is 1. The summed E-state index contributed by atoms with van der Waals surface area (Å²) < 4.78 is 66.0. The zero-order valence-corrected chi connectivity index (χ0v) is 25.1. The second-order valence-corrected chi connectivity index (χ2v) is 13.8. The van der Waals surface area contributed by atoms with Crippen molar-refractivity contribution >= 4 is 54.9 Å². The normalized spacial score (nSPS) is 21.1. The number of ether oxygens (including phenoxy) is 2. The molecule has 0 radical (unpaired) electrons. The zero-order chi connectivity index (χ0) is 30.9. The average molecular weight is 621 g/mol. The Balaban J connectivity index is 1.82. The van der Waals surface area contributed by atoms with E-state index in [0.717, 1.165) is 12.3 Å². The van der Waals surface area contributed by atoms with Crippen LogP contribution in [-0.4, -0.2) is 66.9 Å². The molecule has 0 fully saturated rings. The van der Waals surface area contributed by atoms with E-state index in [1.54, 1.807) is 18.2 Å². The number of benzene rings is 2. The van der Waals surface area contributed by atoms with Crippen LogP contribution in [0.15, 0.2) is 51.8 Å². The Bertz CT molecular complexity index is 1670. The maximum atomic E-state index is 14.4. The topological polar surface area (TPSA) is 186 Å². The van der Waals surface area contributed by atoms with Gasteiger partial charge in [-0.25, -0.2) is 13.2 Å². The number of carbonyl (C=O) groups excluding carboxylic acids is 3. The largest absolute Gasteiger partial charge is 0.447 e. The van der Waals surface area contributed by atoms with Gasteiger partial charge >= 0.3 is 6.09 Å². The fourth-order valence-electron chi connectivity index (χ4n) is 4.94. The minimum Gasteiger partial charge on any atom is -0.447 e. The lowest BCUT2D eigenvalue weighted by Crippen LogP contribution is -2.60. The molecule has 226 valence electrons. The molecule has 1 amide bonds. The van der Waals surface area contributed by atoms with Crippen LogP contribution in [0.2, 0.25) is 0 Å². The Hall–Kier alpha value is -3.82. The van der Waals surface area contributed by atoms with Crippen LogP contribution in [0.25, 0.3) is 0 Å². The number of Topliss-reactive ketones (excluding diaryl/α,β-unsaturated/α-hetero) is 2. The fraction of sp³-hybridized carbons (Fsp3) is 0.407. The number of anilines is 2. The van der Waals surface area contributed by atoms with Gasteiger partial charge in [-0.05, 0) is 42.5 Å². The number of nitrogens with zero attached hydrogens (tertiary/aromatic N) is 1. The Morgan fingerprint density at radius 2 is 1.86 bits per heavy atom. The van der Waals surface area contributed by atoms with Crippen LogP contribution < -0.4 is 15.4 Å². The summed E-state index contributed by atoms with van der Waals surface area (Å²) in [5.41, 5.74) is -1.34. The molecule has 2 atom stereocenters. The first kappa shape index (κ1) is 31.1. The minimum absolute atomic E-state index is 0.00164. The summed E-state index contributed by atoms with van der Waals surface area (Å²) in [6.07, 6.45) is 0.576. The quantitative estimate of drug-likeness (QED) is 0.263. The second kappa shape index (κ2) is 11.8. The van der Waals surface area contributed by atoms with Crippen LogP contribution in [-0.2, 0) is 39.9 Å². The molecule has 2 aromatic rings. The lowest BCUT2D eigenvalue weighted by atomic mass is 9.67. The summed E-state index contributed by atoms with van der Waals surface area (Å²) >= 11 is 0. The van der Waals surface area contributed by atoms with Crippen LogP contribution in [0, 0.1) is 11.8 Å². The minimum atomic E-state index is -4.48. The summed E-state index contributed by atoms with van der Waals surface area (Å²) in [6.45, 7) is 3.92. The molecule has 1 aliphatic heterocycles. The maximum absolute atomic E-state index is 14.4. The average Bonchev–Trinajstić information content (AvgIpc) is 2.90. The number of amides is 1. The molecule has 13 nitrogen and oxygen atoms in total. The second-order valence-electron chi connectivity index (χ2n) is 10.5. The van der Waals surface area contributed by atoms with E-state index in [4.69, 9.17) is 9.47 Å². The van der Waals surface area contributed by atoms with Gasteiger partial charge in [-0.3, -0.25) is 14.3 Å². The van der Waals surface area contributed by atoms with Crippen molar-refractivity contribution < 1.29 is 40.7 Å². The Kier molecular flexibility index (Phi) is 8.76. The number of hydrogen-bond donors (Lipinski definition) is 3. The predicted molar refractivity (Wildman–Crippen MR) is 155 cm³/mol. The Morgan fingerprint density at radius 3 is 2.52 bits per heavy atom. The first-order chi connectivity index (χ1) is 19.7. The number of ketones is 2. The Labute approximate surface area is 244 Å². The van der Waals surface area contributed by atoms with Gasteiger partial charge < -0.3 is 20.1 Å². The number of carbonyl (C=O) groups is 3. The highest BCUT2D eigenvalue weighted by Gasteiger charge is 2.55. The third-order valence-electron chi connectivity index (χ3n) is 6.85. The third kappa shape index (κ3) is 6.32. The van der Waals surface area contributed by atoms with Crippen molar-refractivity contribution in [2.24, 2.45) is 16.2 Å². The van der Waals surface area contributed by atoms with Crippen molar-refractivity contribution in [1.29, 1.82) is 0 Å². The molecule has 0 saturated heterocycles. The number of fused-ring (bicyclic) bond motifs is 2. The smallest absolute Gasteiger partial charge is 0.408 e. The van der Waals surface area contributed by atoms with Crippen LogP contribution in [0.3, 0.4) is 0 Å². The van der Waals surface area contributed by atoms with E-state index < -0.39 is 55.0 Å². The highest BCUT2D eigenvalue weighted by atomic mass is 32.2.